The van der Waals surface area contributed by atoms with Crippen molar-refractivity contribution in [3.05, 3.63) is 35.4 Å². The highest BCUT2D eigenvalue weighted by molar-refractivity contribution is 7.99. The third kappa shape index (κ3) is 3.64. The van der Waals surface area contributed by atoms with Crippen LogP contribution in [0.2, 0.25) is 0 Å². The van der Waals surface area contributed by atoms with Crippen LogP contribution in [0, 0.1) is 0 Å². The molecule has 0 amide bonds. The molecule has 0 spiro atoms. The van der Waals surface area contributed by atoms with Crippen LogP contribution in [0.25, 0.3) is 0 Å². The van der Waals surface area contributed by atoms with Crippen molar-refractivity contribution >= 4 is 17.6 Å². The molecule has 0 aromatic heterocycles. The lowest BCUT2D eigenvalue weighted by Gasteiger charge is -2.19. The molecule has 104 valence electrons. The predicted molar refractivity (Wildman–Crippen MR) is 80.7 cm³/mol. The number of benzene rings is 1. The second-order valence-corrected chi connectivity index (χ2v) is 5.95. The van der Waals surface area contributed by atoms with E-state index in [0.717, 1.165) is 17.4 Å². The number of hydrogen-bond acceptors (Lipinski definition) is 4. The average Bonchev–Trinajstić information content (AvgIpc) is 2.92. The van der Waals surface area contributed by atoms with E-state index in [4.69, 9.17) is 10.9 Å². The lowest BCUT2D eigenvalue weighted by molar-refractivity contribution is 0.318. The summed E-state index contributed by atoms with van der Waals surface area (Å²) in [5.41, 5.74) is 7.50. The van der Waals surface area contributed by atoms with Gasteiger partial charge in [-0.1, -0.05) is 35.8 Å². The van der Waals surface area contributed by atoms with Crippen molar-refractivity contribution in [1.82, 2.24) is 5.32 Å². The molecule has 5 heteroatoms. The maximum atomic E-state index is 8.61. The van der Waals surface area contributed by atoms with E-state index >= 15 is 0 Å². The zero-order valence-electron chi connectivity index (χ0n) is 11.2. The standard InChI is InChI=1S/C14H21N3OS/c1-19-13-4-2-3-12(13)16-9-10-5-7-11(8-6-10)14(15)17-18/h5-8,12-13,16,18H,2-4,9H2,1H3,(H2,15,17). The second kappa shape index (κ2) is 6.82. The van der Waals surface area contributed by atoms with Gasteiger partial charge in [0.05, 0.1) is 0 Å². The summed E-state index contributed by atoms with van der Waals surface area (Å²) < 4.78 is 0. The fraction of sp³-hybridized carbons (Fsp3) is 0.500. The summed E-state index contributed by atoms with van der Waals surface area (Å²) in [6.45, 7) is 0.873. The summed E-state index contributed by atoms with van der Waals surface area (Å²) in [4.78, 5) is 0. The van der Waals surface area contributed by atoms with E-state index in [1.807, 2.05) is 36.0 Å². The summed E-state index contributed by atoms with van der Waals surface area (Å²) in [7, 11) is 0. The van der Waals surface area contributed by atoms with E-state index in [1.165, 1.54) is 24.8 Å². The highest BCUT2D eigenvalue weighted by atomic mass is 32.2. The summed E-state index contributed by atoms with van der Waals surface area (Å²) in [6, 6.07) is 8.42. The Morgan fingerprint density at radius 1 is 1.42 bits per heavy atom. The first-order valence-electron chi connectivity index (χ1n) is 6.57. The number of rotatable bonds is 5. The van der Waals surface area contributed by atoms with Crippen molar-refractivity contribution < 1.29 is 5.21 Å². The number of hydrogen-bond donors (Lipinski definition) is 3. The number of amidine groups is 1. The van der Waals surface area contributed by atoms with Crippen LogP contribution >= 0.6 is 11.8 Å². The Hall–Kier alpha value is -1.20. The Morgan fingerprint density at radius 3 is 2.79 bits per heavy atom. The Kier molecular flexibility index (Phi) is 5.10. The SMILES string of the molecule is CSC1CCCC1NCc1ccc(/C(N)=N/O)cc1. The second-order valence-electron chi connectivity index (χ2n) is 4.87. The van der Waals surface area contributed by atoms with Gasteiger partial charge in [0.1, 0.15) is 0 Å². The van der Waals surface area contributed by atoms with Crippen LogP contribution in [0.4, 0.5) is 0 Å². The third-order valence-corrected chi connectivity index (χ3v) is 4.85. The highest BCUT2D eigenvalue weighted by Crippen LogP contribution is 2.28. The van der Waals surface area contributed by atoms with Crippen LogP contribution in [0.3, 0.4) is 0 Å². The summed E-state index contributed by atoms with van der Waals surface area (Å²) in [5, 5.41) is 16.0. The van der Waals surface area contributed by atoms with Gasteiger partial charge in [-0.05, 0) is 24.7 Å². The zero-order valence-corrected chi connectivity index (χ0v) is 12.0. The van der Waals surface area contributed by atoms with E-state index < -0.39 is 0 Å². The van der Waals surface area contributed by atoms with Crippen LogP contribution in [0.5, 0.6) is 0 Å². The van der Waals surface area contributed by atoms with Gasteiger partial charge in [-0.25, -0.2) is 0 Å². The van der Waals surface area contributed by atoms with Gasteiger partial charge in [-0.15, -0.1) is 0 Å². The van der Waals surface area contributed by atoms with E-state index in [-0.39, 0.29) is 5.84 Å². The molecule has 2 atom stereocenters. The number of nitrogens with zero attached hydrogens (tertiary/aromatic N) is 1. The fourth-order valence-corrected chi connectivity index (χ4v) is 3.50. The van der Waals surface area contributed by atoms with Crippen LogP contribution in [-0.4, -0.2) is 28.6 Å². The van der Waals surface area contributed by atoms with Gasteiger partial charge >= 0.3 is 0 Å². The molecule has 0 radical (unpaired) electrons. The first-order chi connectivity index (χ1) is 9.24. The van der Waals surface area contributed by atoms with E-state index in [9.17, 15) is 0 Å². The lowest BCUT2D eigenvalue weighted by Crippen LogP contribution is -2.33. The summed E-state index contributed by atoms with van der Waals surface area (Å²) in [6.07, 6.45) is 6.11. The van der Waals surface area contributed by atoms with Gasteiger partial charge in [-0.3, -0.25) is 0 Å². The van der Waals surface area contributed by atoms with Crippen molar-refractivity contribution in [3.63, 3.8) is 0 Å². The minimum absolute atomic E-state index is 0.151. The Morgan fingerprint density at radius 2 is 2.16 bits per heavy atom. The molecule has 4 N–H and O–H groups in total. The van der Waals surface area contributed by atoms with Crippen LogP contribution in [-0.2, 0) is 6.54 Å². The molecule has 1 saturated carbocycles. The predicted octanol–water partition coefficient (Wildman–Crippen LogP) is 2.15. The molecule has 0 heterocycles. The molecule has 1 aromatic carbocycles. The largest absolute Gasteiger partial charge is 0.409 e. The molecule has 1 aliphatic carbocycles. The number of nitrogens with one attached hydrogen (secondary N) is 1. The van der Waals surface area contributed by atoms with Gasteiger partial charge in [0.2, 0.25) is 0 Å². The van der Waals surface area contributed by atoms with E-state index in [2.05, 4.69) is 16.7 Å². The molecule has 0 aliphatic heterocycles. The smallest absolute Gasteiger partial charge is 0.170 e. The molecule has 1 aliphatic rings. The van der Waals surface area contributed by atoms with Crippen LogP contribution in [0.15, 0.2) is 29.4 Å². The number of thioether (sulfide) groups is 1. The number of nitrogens with two attached hydrogens (primary N) is 1. The van der Waals surface area contributed by atoms with Crippen molar-refractivity contribution in [2.75, 3.05) is 6.26 Å². The maximum absolute atomic E-state index is 8.61. The van der Waals surface area contributed by atoms with E-state index in [0.29, 0.717) is 6.04 Å². The van der Waals surface area contributed by atoms with Crippen molar-refractivity contribution in [1.29, 1.82) is 0 Å². The van der Waals surface area contributed by atoms with E-state index in [1.54, 1.807) is 0 Å². The van der Waals surface area contributed by atoms with Crippen molar-refractivity contribution in [2.45, 2.75) is 37.1 Å². The normalized spacial score (nSPS) is 23.7. The Labute approximate surface area is 118 Å². The van der Waals surface area contributed by atoms with Gasteiger partial charge in [-0.2, -0.15) is 11.8 Å². The van der Waals surface area contributed by atoms with Gasteiger partial charge in [0, 0.05) is 23.4 Å². The third-order valence-electron chi connectivity index (χ3n) is 3.68. The average molecular weight is 279 g/mol. The summed E-state index contributed by atoms with van der Waals surface area (Å²) in [5.74, 6) is 0.151. The lowest BCUT2D eigenvalue weighted by atomic mass is 10.1. The van der Waals surface area contributed by atoms with Crippen LogP contribution < -0.4 is 11.1 Å². The number of oxime groups is 1. The monoisotopic (exact) mass is 279 g/mol. The first kappa shape index (κ1) is 14.2. The molecule has 1 fully saturated rings. The fourth-order valence-electron chi connectivity index (χ4n) is 2.54. The topological polar surface area (TPSA) is 70.6 Å². The molecular formula is C14H21N3OS. The van der Waals surface area contributed by atoms with Crippen molar-refractivity contribution in [3.8, 4) is 0 Å². The maximum Gasteiger partial charge on any atom is 0.170 e. The molecule has 19 heavy (non-hydrogen) atoms. The molecule has 0 bridgehead atoms. The highest BCUT2D eigenvalue weighted by Gasteiger charge is 2.25. The molecule has 0 saturated heterocycles. The van der Waals surface area contributed by atoms with Crippen LogP contribution in [0.1, 0.15) is 30.4 Å². The van der Waals surface area contributed by atoms with Gasteiger partial charge in [0.25, 0.3) is 0 Å². The molecule has 4 nitrogen and oxygen atoms in total. The molecule has 1 aromatic rings. The van der Waals surface area contributed by atoms with Gasteiger partial charge < -0.3 is 16.3 Å². The minimum atomic E-state index is 0.151. The Bertz CT molecular complexity index is 433. The summed E-state index contributed by atoms with van der Waals surface area (Å²) >= 11 is 1.96. The van der Waals surface area contributed by atoms with Gasteiger partial charge in [0.15, 0.2) is 5.84 Å². The van der Waals surface area contributed by atoms with Crippen molar-refractivity contribution in [2.24, 2.45) is 10.9 Å². The zero-order chi connectivity index (χ0) is 13.7. The minimum Gasteiger partial charge on any atom is -0.409 e. The molecular weight excluding hydrogens is 258 g/mol. The molecule has 2 unspecified atom stereocenters. The molecule has 2 rings (SSSR count). The first-order valence-corrected chi connectivity index (χ1v) is 7.86. The quantitative estimate of drug-likeness (QED) is 0.334. The Balaban J connectivity index is 1.89.